The molecule has 0 radical (unpaired) electrons. The van der Waals surface area contributed by atoms with Gasteiger partial charge in [-0.3, -0.25) is 14.5 Å². The molecule has 2 N–H and O–H groups in total. The van der Waals surface area contributed by atoms with Crippen molar-refractivity contribution in [3.05, 3.63) is 22.4 Å². The van der Waals surface area contributed by atoms with Crippen LogP contribution in [0, 0.1) is 11.8 Å². The van der Waals surface area contributed by atoms with Crippen LogP contribution < -0.4 is 5.32 Å². The van der Waals surface area contributed by atoms with Gasteiger partial charge in [0, 0.05) is 13.5 Å². The number of likely N-dealkylation sites (tertiary alicyclic amines) is 1. The summed E-state index contributed by atoms with van der Waals surface area (Å²) in [6.07, 6.45) is 2.47. The summed E-state index contributed by atoms with van der Waals surface area (Å²) in [6, 6.07) is 3.67. The minimum atomic E-state index is -1.03. The maximum Gasteiger partial charge on any atom is 0.368 e. The highest BCUT2D eigenvalue weighted by atomic mass is 32.2. The number of rotatable bonds is 6. The van der Waals surface area contributed by atoms with Crippen LogP contribution in [0.2, 0.25) is 0 Å². The molecule has 0 unspecified atom stereocenters. The molecule has 0 spiro atoms. The Bertz CT molecular complexity index is 678. The van der Waals surface area contributed by atoms with Crippen molar-refractivity contribution in [1.82, 2.24) is 4.90 Å². The fraction of sp³-hybridized carbons (Fsp3) is 0.588. The van der Waals surface area contributed by atoms with Crippen LogP contribution in [0.25, 0.3) is 0 Å². The predicted octanol–water partition coefficient (Wildman–Crippen LogP) is 0.652. The third-order valence-electron chi connectivity index (χ3n) is 5.24. The van der Waals surface area contributed by atoms with Gasteiger partial charge in [0.25, 0.3) is 0 Å². The van der Waals surface area contributed by atoms with Gasteiger partial charge in [0.15, 0.2) is 0 Å². The average Bonchev–Trinajstić information content (AvgIpc) is 3.28. The van der Waals surface area contributed by atoms with E-state index in [0.717, 1.165) is 10.6 Å². The van der Waals surface area contributed by atoms with Crippen molar-refractivity contribution in [2.45, 2.75) is 24.9 Å². The number of ether oxygens (including phenoxy) is 1. The number of esters is 1. The highest BCUT2D eigenvalue weighted by Crippen LogP contribution is 2.46. The molecule has 2 aliphatic heterocycles. The maximum atomic E-state index is 12.9. The SMILES string of the molecule is CCOC(=O)[C@]1(CCSC)[NH2+][C@@H](c2cccs2)[C@H]2C(=O)N(C)C(=O)[C@H]21. The lowest BCUT2D eigenvalue weighted by molar-refractivity contribution is -0.734. The van der Waals surface area contributed by atoms with Gasteiger partial charge >= 0.3 is 5.97 Å². The Balaban J connectivity index is 2.09. The first-order valence-corrected chi connectivity index (χ1v) is 10.6. The number of quaternary nitrogens is 1. The zero-order valence-electron chi connectivity index (χ0n) is 14.6. The van der Waals surface area contributed by atoms with E-state index in [-0.39, 0.29) is 30.4 Å². The molecule has 2 saturated heterocycles. The third kappa shape index (κ3) is 2.80. The first-order chi connectivity index (χ1) is 12.0. The fourth-order valence-electron chi connectivity index (χ4n) is 4.08. The maximum absolute atomic E-state index is 12.9. The van der Waals surface area contributed by atoms with E-state index < -0.39 is 17.4 Å². The molecule has 0 aliphatic carbocycles. The number of nitrogens with zero attached hydrogens (tertiary/aromatic N) is 1. The number of nitrogens with two attached hydrogens (primary N) is 1. The van der Waals surface area contributed by atoms with E-state index in [1.807, 2.05) is 29.1 Å². The first kappa shape index (κ1) is 18.4. The molecule has 6 nitrogen and oxygen atoms in total. The Morgan fingerprint density at radius 1 is 1.44 bits per heavy atom. The molecular weight excluding hydrogens is 360 g/mol. The highest BCUT2D eigenvalue weighted by Gasteiger charge is 2.71. The molecule has 0 aromatic carbocycles. The van der Waals surface area contributed by atoms with Gasteiger partial charge in [-0.1, -0.05) is 6.07 Å². The summed E-state index contributed by atoms with van der Waals surface area (Å²) in [5, 5.41) is 3.89. The van der Waals surface area contributed by atoms with Crippen molar-refractivity contribution in [2.24, 2.45) is 11.8 Å². The van der Waals surface area contributed by atoms with Crippen molar-refractivity contribution in [3.8, 4) is 0 Å². The van der Waals surface area contributed by atoms with E-state index in [2.05, 4.69) is 0 Å². The van der Waals surface area contributed by atoms with Crippen molar-refractivity contribution < 1.29 is 24.4 Å². The number of carbonyl (C=O) groups excluding carboxylic acids is 3. The predicted molar refractivity (Wildman–Crippen MR) is 96.1 cm³/mol. The minimum Gasteiger partial charge on any atom is -0.461 e. The van der Waals surface area contributed by atoms with Gasteiger partial charge in [0.2, 0.25) is 17.4 Å². The standard InChI is InChI=1S/C17H22N2O4S2/c1-4-23-16(22)17(7-9-24-3)12-11(14(20)19(2)15(12)21)13(18-17)10-6-5-8-25-10/h5-6,8,11-13,18H,4,7,9H2,1-3H3/p+1/t11-,12-,13-,17+/m0/s1. The summed E-state index contributed by atoms with van der Waals surface area (Å²) in [4.78, 5) is 40.8. The summed E-state index contributed by atoms with van der Waals surface area (Å²) in [5.74, 6) is -1.29. The van der Waals surface area contributed by atoms with Crippen LogP contribution in [0.1, 0.15) is 24.3 Å². The average molecular weight is 384 g/mol. The van der Waals surface area contributed by atoms with Crippen LogP contribution >= 0.6 is 23.1 Å². The van der Waals surface area contributed by atoms with Crippen LogP contribution in [0.3, 0.4) is 0 Å². The van der Waals surface area contributed by atoms with Crippen LogP contribution in [0.4, 0.5) is 0 Å². The number of thioether (sulfide) groups is 1. The second-order valence-corrected chi connectivity index (χ2v) is 8.42. The second-order valence-electron chi connectivity index (χ2n) is 6.45. The van der Waals surface area contributed by atoms with Crippen LogP contribution in [0.5, 0.6) is 0 Å². The van der Waals surface area contributed by atoms with E-state index >= 15 is 0 Å². The molecule has 2 aliphatic rings. The fourth-order valence-corrected chi connectivity index (χ4v) is 5.46. The highest BCUT2D eigenvalue weighted by molar-refractivity contribution is 7.98. The lowest BCUT2D eigenvalue weighted by atomic mass is 9.78. The Morgan fingerprint density at radius 3 is 2.80 bits per heavy atom. The Labute approximate surface area is 155 Å². The molecule has 3 heterocycles. The monoisotopic (exact) mass is 383 g/mol. The largest absolute Gasteiger partial charge is 0.461 e. The lowest BCUT2D eigenvalue weighted by Gasteiger charge is -2.28. The quantitative estimate of drug-likeness (QED) is 0.576. The molecule has 4 atom stereocenters. The van der Waals surface area contributed by atoms with E-state index in [9.17, 15) is 14.4 Å². The molecule has 25 heavy (non-hydrogen) atoms. The van der Waals surface area contributed by atoms with Crippen molar-refractivity contribution in [2.75, 3.05) is 25.7 Å². The number of carbonyl (C=O) groups is 3. The molecule has 8 heteroatoms. The molecule has 2 fully saturated rings. The molecular formula is C17H23N2O4S2+. The number of hydrogen-bond acceptors (Lipinski definition) is 6. The van der Waals surface area contributed by atoms with Crippen molar-refractivity contribution >= 4 is 40.9 Å². The van der Waals surface area contributed by atoms with E-state index in [1.54, 1.807) is 30.0 Å². The lowest BCUT2D eigenvalue weighted by Crippen LogP contribution is -2.98. The third-order valence-corrected chi connectivity index (χ3v) is 6.82. The van der Waals surface area contributed by atoms with Crippen LogP contribution in [0.15, 0.2) is 17.5 Å². The summed E-state index contributed by atoms with van der Waals surface area (Å²) in [7, 11) is 1.51. The molecule has 3 rings (SSSR count). The van der Waals surface area contributed by atoms with Gasteiger partial charge in [-0.25, -0.2) is 4.79 Å². The van der Waals surface area contributed by atoms with Gasteiger partial charge in [-0.05, 0) is 30.4 Å². The second kappa shape index (κ2) is 7.09. The van der Waals surface area contributed by atoms with Crippen LogP contribution in [-0.2, 0) is 19.1 Å². The van der Waals surface area contributed by atoms with Gasteiger partial charge in [0.05, 0.1) is 11.5 Å². The van der Waals surface area contributed by atoms with E-state index in [0.29, 0.717) is 6.42 Å². The Hall–Kier alpha value is -1.38. The molecule has 0 saturated carbocycles. The van der Waals surface area contributed by atoms with Gasteiger partial charge in [0.1, 0.15) is 17.9 Å². The summed E-state index contributed by atoms with van der Waals surface area (Å²) < 4.78 is 5.36. The Kier molecular flexibility index (Phi) is 5.22. The molecule has 1 aromatic heterocycles. The minimum absolute atomic E-state index is 0.194. The van der Waals surface area contributed by atoms with E-state index in [1.165, 1.54) is 11.9 Å². The topological polar surface area (TPSA) is 80.3 Å². The van der Waals surface area contributed by atoms with Crippen LogP contribution in [-0.4, -0.2) is 53.9 Å². The molecule has 2 amide bonds. The summed E-state index contributed by atoms with van der Waals surface area (Å²) in [6.45, 7) is 2.02. The summed E-state index contributed by atoms with van der Waals surface area (Å²) >= 11 is 3.18. The number of amides is 2. The van der Waals surface area contributed by atoms with Crippen molar-refractivity contribution in [3.63, 3.8) is 0 Å². The van der Waals surface area contributed by atoms with Gasteiger partial charge in [-0.2, -0.15) is 11.8 Å². The van der Waals surface area contributed by atoms with Crippen molar-refractivity contribution in [1.29, 1.82) is 0 Å². The number of thiophene rings is 1. The van der Waals surface area contributed by atoms with Gasteiger partial charge in [-0.15, -0.1) is 11.3 Å². The molecule has 1 aromatic rings. The number of fused-ring (bicyclic) bond motifs is 1. The number of hydrogen-bond donors (Lipinski definition) is 1. The van der Waals surface area contributed by atoms with E-state index in [4.69, 9.17) is 4.74 Å². The normalized spacial score (nSPS) is 31.5. The first-order valence-electron chi connectivity index (χ1n) is 8.35. The Morgan fingerprint density at radius 2 is 2.20 bits per heavy atom. The smallest absolute Gasteiger partial charge is 0.368 e. The zero-order valence-corrected chi connectivity index (χ0v) is 16.2. The summed E-state index contributed by atoms with van der Waals surface area (Å²) in [5.41, 5.74) is -1.03. The number of imide groups is 1. The molecule has 0 bridgehead atoms. The van der Waals surface area contributed by atoms with Gasteiger partial charge < -0.3 is 10.1 Å². The molecule has 136 valence electrons. The zero-order chi connectivity index (χ0) is 18.2.